The third-order valence-electron chi connectivity index (χ3n) is 3.63. The number of imide groups is 1. The first-order chi connectivity index (χ1) is 10.6. The highest BCUT2D eigenvalue weighted by atomic mass is 79.9. The van der Waals surface area contributed by atoms with Crippen molar-refractivity contribution in [2.45, 2.75) is 19.0 Å². The summed E-state index contributed by atoms with van der Waals surface area (Å²) in [5, 5.41) is 1.90. The molecule has 1 aromatic carbocycles. The van der Waals surface area contributed by atoms with Crippen molar-refractivity contribution in [1.82, 2.24) is 4.98 Å². The normalized spacial score (nSPS) is 18.0. The van der Waals surface area contributed by atoms with Crippen LogP contribution in [0.1, 0.15) is 12.0 Å². The summed E-state index contributed by atoms with van der Waals surface area (Å²) in [4.78, 5) is 29.9. The molecule has 2 N–H and O–H groups in total. The zero-order chi connectivity index (χ0) is 15.5. The van der Waals surface area contributed by atoms with Crippen LogP contribution < -0.4 is 10.2 Å². The quantitative estimate of drug-likeness (QED) is 0.834. The molecule has 0 spiro atoms. The van der Waals surface area contributed by atoms with Gasteiger partial charge in [0.1, 0.15) is 6.54 Å². The Morgan fingerprint density at radius 3 is 2.68 bits per heavy atom. The first kappa shape index (κ1) is 14.9. The van der Waals surface area contributed by atoms with Crippen LogP contribution in [0.4, 0.5) is 5.69 Å². The van der Waals surface area contributed by atoms with Crippen molar-refractivity contribution in [3.05, 3.63) is 58.8 Å². The monoisotopic (exact) mass is 360 g/mol. The van der Waals surface area contributed by atoms with Gasteiger partial charge in [-0.1, -0.05) is 22.0 Å². The molecule has 0 unspecified atom stereocenters. The van der Waals surface area contributed by atoms with Gasteiger partial charge in [0.2, 0.25) is 5.91 Å². The Labute approximate surface area is 136 Å². The molecule has 2 heterocycles. The molecule has 2 amide bonds. The van der Waals surface area contributed by atoms with Crippen molar-refractivity contribution in [2.24, 2.45) is 0 Å². The summed E-state index contributed by atoms with van der Waals surface area (Å²) in [5.74, 6) is -0.309. The van der Waals surface area contributed by atoms with Gasteiger partial charge < -0.3 is 5.32 Å². The molecule has 1 aliphatic rings. The molecule has 6 heteroatoms. The number of amides is 2. The Kier molecular flexibility index (Phi) is 4.31. The fourth-order valence-corrected chi connectivity index (χ4v) is 2.76. The summed E-state index contributed by atoms with van der Waals surface area (Å²) in [5.41, 5.74) is 1.65. The van der Waals surface area contributed by atoms with Crippen molar-refractivity contribution in [2.75, 3.05) is 4.90 Å². The van der Waals surface area contributed by atoms with Crippen LogP contribution in [-0.4, -0.2) is 22.8 Å². The number of pyridine rings is 1. The molecule has 22 heavy (non-hydrogen) atoms. The van der Waals surface area contributed by atoms with E-state index in [1.165, 1.54) is 4.90 Å². The number of carbonyl (C=O) groups is 2. The summed E-state index contributed by atoms with van der Waals surface area (Å²) in [6.45, 7) is 0.631. The minimum atomic E-state index is -0.364. The Bertz CT molecular complexity index is 688. The molecule has 1 atom stereocenters. The van der Waals surface area contributed by atoms with E-state index in [1.54, 1.807) is 24.5 Å². The van der Waals surface area contributed by atoms with E-state index in [4.69, 9.17) is 0 Å². The van der Waals surface area contributed by atoms with Crippen molar-refractivity contribution in [3.8, 4) is 0 Å². The van der Waals surface area contributed by atoms with Gasteiger partial charge in [-0.25, -0.2) is 4.90 Å². The van der Waals surface area contributed by atoms with E-state index in [0.29, 0.717) is 12.2 Å². The lowest BCUT2D eigenvalue weighted by atomic mass is 10.2. The Morgan fingerprint density at radius 2 is 2.00 bits per heavy atom. The molecule has 1 aliphatic heterocycles. The van der Waals surface area contributed by atoms with Gasteiger partial charge in [0.05, 0.1) is 12.1 Å². The number of anilines is 1. The molecule has 5 nitrogen and oxygen atoms in total. The second-order valence-electron chi connectivity index (χ2n) is 5.16. The van der Waals surface area contributed by atoms with Crippen molar-refractivity contribution in [1.29, 1.82) is 0 Å². The van der Waals surface area contributed by atoms with E-state index < -0.39 is 0 Å². The molecular formula is C16H15BrN3O2+. The van der Waals surface area contributed by atoms with Gasteiger partial charge in [-0.2, -0.15) is 0 Å². The van der Waals surface area contributed by atoms with Crippen LogP contribution in [-0.2, 0) is 16.1 Å². The summed E-state index contributed by atoms with van der Waals surface area (Å²) >= 11 is 3.35. The predicted molar refractivity (Wildman–Crippen MR) is 84.9 cm³/mol. The maximum Gasteiger partial charge on any atom is 0.292 e. The maximum absolute atomic E-state index is 12.5. The Morgan fingerprint density at radius 1 is 1.23 bits per heavy atom. The molecular weight excluding hydrogens is 346 g/mol. The molecule has 1 fully saturated rings. The van der Waals surface area contributed by atoms with Crippen LogP contribution in [0.2, 0.25) is 0 Å². The molecule has 1 saturated heterocycles. The van der Waals surface area contributed by atoms with Gasteiger partial charge in [-0.15, -0.1) is 0 Å². The summed E-state index contributed by atoms with van der Waals surface area (Å²) < 4.78 is 0.912. The number of hydrogen-bond acceptors (Lipinski definition) is 3. The lowest BCUT2D eigenvalue weighted by Crippen LogP contribution is -2.90. The Balaban J connectivity index is 1.70. The first-order valence-electron chi connectivity index (χ1n) is 7.00. The standard InChI is InChI=1S/C16H14BrN3O2/c17-12-3-5-13(6-4-12)20-15(21)8-14(16(20)22)19-10-11-2-1-7-18-9-11/h1-7,9,14,19H,8,10H2/p+1/t14-/m1/s1. The van der Waals surface area contributed by atoms with Crippen LogP contribution in [0.15, 0.2) is 53.3 Å². The van der Waals surface area contributed by atoms with Crippen LogP contribution in [0.5, 0.6) is 0 Å². The molecule has 0 radical (unpaired) electrons. The highest BCUT2D eigenvalue weighted by Gasteiger charge is 2.42. The Hall–Kier alpha value is -2.05. The van der Waals surface area contributed by atoms with Gasteiger partial charge in [0.15, 0.2) is 6.04 Å². The van der Waals surface area contributed by atoms with Crippen LogP contribution in [0.3, 0.4) is 0 Å². The highest BCUT2D eigenvalue weighted by molar-refractivity contribution is 9.10. The van der Waals surface area contributed by atoms with Gasteiger partial charge in [0, 0.05) is 22.4 Å². The second kappa shape index (κ2) is 6.37. The fraction of sp³-hybridized carbons (Fsp3) is 0.188. The van der Waals surface area contributed by atoms with E-state index in [-0.39, 0.29) is 24.3 Å². The lowest BCUT2D eigenvalue weighted by Gasteiger charge is -2.14. The van der Waals surface area contributed by atoms with E-state index >= 15 is 0 Å². The number of hydrogen-bond donors (Lipinski definition) is 1. The number of benzene rings is 1. The third kappa shape index (κ3) is 3.08. The lowest BCUT2D eigenvalue weighted by molar-refractivity contribution is -0.690. The number of aromatic nitrogens is 1. The number of nitrogens with two attached hydrogens (primary N) is 1. The minimum Gasteiger partial charge on any atom is -0.332 e. The first-order valence-corrected chi connectivity index (χ1v) is 7.79. The maximum atomic E-state index is 12.5. The second-order valence-corrected chi connectivity index (χ2v) is 6.07. The number of halogens is 1. The third-order valence-corrected chi connectivity index (χ3v) is 4.16. The predicted octanol–water partition coefficient (Wildman–Crippen LogP) is 1.24. The number of nitrogens with zero attached hydrogens (tertiary/aromatic N) is 2. The van der Waals surface area contributed by atoms with Gasteiger partial charge >= 0.3 is 0 Å². The number of rotatable bonds is 4. The van der Waals surface area contributed by atoms with Gasteiger partial charge in [0.25, 0.3) is 5.91 Å². The fourth-order valence-electron chi connectivity index (χ4n) is 2.50. The topological polar surface area (TPSA) is 66.9 Å². The smallest absolute Gasteiger partial charge is 0.292 e. The highest BCUT2D eigenvalue weighted by Crippen LogP contribution is 2.23. The molecule has 0 aliphatic carbocycles. The van der Waals surface area contributed by atoms with E-state index in [9.17, 15) is 9.59 Å². The van der Waals surface area contributed by atoms with E-state index in [0.717, 1.165) is 10.0 Å². The summed E-state index contributed by atoms with van der Waals surface area (Å²) in [6, 6.07) is 10.6. The SMILES string of the molecule is O=C1C[C@@H]([NH2+]Cc2cccnc2)C(=O)N1c1ccc(Br)cc1. The van der Waals surface area contributed by atoms with E-state index in [2.05, 4.69) is 20.9 Å². The van der Waals surface area contributed by atoms with E-state index in [1.807, 2.05) is 29.6 Å². The average Bonchev–Trinajstić information content (AvgIpc) is 2.82. The van der Waals surface area contributed by atoms with Crippen molar-refractivity contribution < 1.29 is 14.9 Å². The molecule has 3 rings (SSSR count). The minimum absolute atomic E-state index is 0.153. The summed E-state index contributed by atoms with van der Waals surface area (Å²) in [7, 11) is 0. The largest absolute Gasteiger partial charge is 0.332 e. The number of quaternary nitrogens is 1. The van der Waals surface area contributed by atoms with Gasteiger partial charge in [-0.05, 0) is 30.3 Å². The van der Waals surface area contributed by atoms with Crippen LogP contribution in [0.25, 0.3) is 0 Å². The molecule has 1 aromatic heterocycles. The zero-order valence-corrected chi connectivity index (χ0v) is 13.4. The molecule has 0 saturated carbocycles. The summed E-state index contributed by atoms with van der Waals surface area (Å²) in [6.07, 6.45) is 3.71. The molecule has 0 bridgehead atoms. The number of carbonyl (C=O) groups excluding carboxylic acids is 2. The van der Waals surface area contributed by atoms with Crippen molar-refractivity contribution in [3.63, 3.8) is 0 Å². The van der Waals surface area contributed by atoms with Crippen LogP contribution >= 0.6 is 15.9 Å². The molecule has 2 aromatic rings. The van der Waals surface area contributed by atoms with Crippen molar-refractivity contribution >= 4 is 33.4 Å². The zero-order valence-electron chi connectivity index (χ0n) is 11.8. The van der Waals surface area contributed by atoms with Crippen LogP contribution in [0, 0.1) is 0 Å². The molecule has 112 valence electrons. The van der Waals surface area contributed by atoms with Gasteiger partial charge in [-0.3, -0.25) is 14.6 Å². The average molecular weight is 361 g/mol.